The maximum atomic E-state index is 12.9. The Labute approximate surface area is 152 Å². The van der Waals surface area contributed by atoms with Crippen molar-refractivity contribution in [2.75, 3.05) is 18.0 Å². The maximum absolute atomic E-state index is 12.9. The van der Waals surface area contributed by atoms with Gasteiger partial charge in [-0.3, -0.25) is 9.59 Å². The summed E-state index contributed by atoms with van der Waals surface area (Å²) in [5.74, 6) is -0.446. The van der Waals surface area contributed by atoms with Gasteiger partial charge in [-0.05, 0) is 48.1 Å². The standard InChI is InChI=1S/C18H17F3N2O2S/c19-18(20,21)13-5-6-14-12(11-13)3-1-9-23(14)16(24)7-8-22-17(25)15-4-2-10-26-15/h2,4-6,10-11H,1,3,7-9H2,(H,22,25). The number of hydrogen-bond acceptors (Lipinski definition) is 3. The van der Waals surface area contributed by atoms with Crippen LogP contribution in [0.15, 0.2) is 35.7 Å². The Morgan fingerprint density at radius 3 is 2.73 bits per heavy atom. The highest BCUT2D eigenvalue weighted by Crippen LogP contribution is 2.35. The van der Waals surface area contributed by atoms with Gasteiger partial charge in [-0.25, -0.2) is 0 Å². The topological polar surface area (TPSA) is 49.4 Å². The van der Waals surface area contributed by atoms with Crippen molar-refractivity contribution in [1.29, 1.82) is 0 Å². The molecule has 0 saturated carbocycles. The first-order valence-electron chi connectivity index (χ1n) is 8.18. The molecule has 4 nitrogen and oxygen atoms in total. The van der Waals surface area contributed by atoms with Gasteiger partial charge in [0.2, 0.25) is 5.91 Å². The highest BCUT2D eigenvalue weighted by atomic mass is 32.1. The van der Waals surface area contributed by atoms with Gasteiger partial charge in [0.05, 0.1) is 10.4 Å². The van der Waals surface area contributed by atoms with Crippen LogP contribution >= 0.6 is 11.3 Å². The lowest BCUT2D eigenvalue weighted by Crippen LogP contribution is -2.37. The average Bonchev–Trinajstić information content (AvgIpc) is 3.14. The molecular formula is C18H17F3N2O2S. The number of nitrogens with one attached hydrogen (secondary N) is 1. The second-order valence-corrected chi connectivity index (χ2v) is 6.92. The van der Waals surface area contributed by atoms with E-state index in [1.54, 1.807) is 17.5 Å². The SMILES string of the molecule is O=C(NCCC(=O)N1CCCc2cc(C(F)(F)F)ccc21)c1cccs1. The van der Waals surface area contributed by atoms with Crippen LogP contribution in [0.25, 0.3) is 0 Å². The molecule has 0 fully saturated rings. The molecule has 1 aromatic heterocycles. The molecule has 0 bridgehead atoms. The van der Waals surface area contributed by atoms with Crippen molar-refractivity contribution in [2.45, 2.75) is 25.4 Å². The van der Waals surface area contributed by atoms with Gasteiger partial charge in [0.1, 0.15) is 0 Å². The van der Waals surface area contributed by atoms with Crippen LogP contribution in [0.1, 0.15) is 33.6 Å². The van der Waals surface area contributed by atoms with E-state index in [1.807, 2.05) is 0 Å². The number of alkyl halides is 3. The Hall–Kier alpha value is -2.35. The summed E-state index contributed by atoms with van der Waals surface area (Å²) in [4.78, 5) is 26.4. The minimum atomic E-state index is -4.40. The molecule has 138 valence electrons. The number of carbonyl (C=O) groups is 2. The fourth-order valence-electron chi connectivity index (χ4n) is 2.95. The van der Waals surface area contributed by atoms with Crippen LogP contribution in [0.4, 0.5) is 18.9 Å². The van der Waals surface area contributed by atoms with Gasteiger partial charge in [0.15, 0.2) is 0 Å². The van der Waals surface area contributed by atoms with Gasteiger partial charge < -0.3 is 10.2 Å². The van der Waals surface area contributed by atoms with Crippen molar-refractivity contribution in [1.82, 2.24) is 5.32 Å². The summed E-state index contributed by atoms with van der Waals surface area (Å²) in [7, 11) is 0. The van der Waals surface area contributed by atoms with Gasteiger partial charge in [0, 0.05) is 25.2 Å². The molecule has 0 spiro atoms. The Morgan fingerprint density at radius 1 is 1.23 bits per heavy atom. The van der Waals surface area contributed by atoms with Crippen LogP contribution in [-0.4, -0.2) is 24.9 Å². The monoisotopic (exact) mass is 382 g/mol. The first-order valence-corrected chi connectivity index (χ1v) is 9.06. The lowest BCUT2D eigenvalue weighted by atomic mass is 9.98. The van der Waals surface area contributed by atoms with Crippen LogP contribution in [0.5, 0.6) is 0 Å². The third kappa shape index (κ3) is 4.07. The van der Waals surface area contributed by atoms with E-state index < -0.39 is 11.7 Å². The van der Waals surface area contributed by atoms with Crippen molar-refractivity contribution >= 4 is 28.8 Å². The van der Waals surface area contributed by atoms with E-state index in [9.17, 15) is 22.8 Å². The smallest absolute Gasteiger partial charge is 0.351 e. The lowest BCUT2D eigenvalue weighted by Gasteiger charge is -2.30. The van der Waals surface area contributed by atoms with E-state index in [4.69, 9.17) is 0 Å². The third-order valence-electron chi connectivity index (χ3n) is 4.20. The number of halogens is 3. The van der Waals surface area contributed by atoms with Crippen LogP contribution < -0.4 is 10.2 Å². The number of amides is 2. The zero-order chi connectivity index (χ0) is 18.7. The summed E-state index contributed by atoms with van der Waals surface area (Å²) in [5.41, 5.74) is 0.356. The summed E-state index contributed by atoms with van der Waals surface area (Å²) in [6.07, 6.45) is -3.18. The van der Waals surface area contributed by atoms with E-state index >= 15 is 0 Å². The van der Waals surface area contributed by atoms with Gasteiger partial charge in [-0.15, -0.1) is 11.3 Å². The first kappa shape index (κ1) is 18.4. The number of rotatable bonds is 4. The number of benzene rings is 1. The van der Waals surface area contributed by atoms with Crippen molar-refractivity contribution in [3.63, 3.8) is 0 Å². The predicted molar refractivity (Wildman–Crippen MR) is 93.4 cm³/mol. The van der Waals surface area contributed by atoms with Crippen molar-refractivity contribution < 1.29 is 22.8 Å². The number of carbonyl (C=O) groups excluding carboxylic acids is 2. The highest BCUT2D eigenvalue weighted by Gasteiger charge is 2.32. The van der Waals surface area contributed by atoms with E-state index in [0.29, 0.717) is 35.5 Å². The van der Waals surface area contributed by atoms with E-state index in [0.717, 1.165) is 12.1 Å². The molecule has 2 aromatic rings. The van der Waals surface area contributed by atoms with Crippen molar-refractivity contribution in [3.8, 4) is 0 Å². The molecule has 0 aliphatic carbocycles. The molecule has 26 heavy (non-hydrogen) atoms. The van der Waals surface area contributed by atoms with Gasteiger partial charge in [-0.2, -0.15) is 13.2 Å². The van der Waals surface area contributed by atoms with Crippen LogP contribution in [0.2, 0.25) is 0 Å². The average molecular weight is 382 g/mol. The summed E-state index contributed by atoms with van der Waals surface area (Å²) in [6.45, 7) is 0.651. The van der Waals surface area contributed by atoms with E-state index in [-0.39, 0.29) is 24.8 Å². The Bertz CT molecular complexity index is 803. The second-order valence-electron chi connectivity index (χ2n) is 5.97. The minimum Gasteiger partial charge on any atom is -0.351 e. The molecule has 0 atom stereocenters. The van der Waals surface area contributed by atoms with Crippen LogP contribution in [-0.2, 0) is 17.4 Å². The Morgan fingerprint density at radius 2 is 2.04 bits per heavy atom. The zero-order valence-electron chi connectivity index (χ0n) is 13.8. The summed E-state index contributed by atoms with van der Waals surface area (Å²) in [6, 6.07) is 6.95. The maximum Gasteiger partial charge on any atom is 0.416 e. The lowest BCUT2D eigenvalue weighted by molar-refractivity contribution is -0.137. The molecule has 0 unspecified atom stereocenters. The number of fused-ring (bicyclic) bond motifs is 1. The molecule has 8 heteroatoms. The fourth-order valence-corrected chi connectivity index (χ4v) is 3.59. The summed E-state index contributed by atoms with van der Waals surface area (Å²) in [5, 5.41) is 4.47. The van der Waals surface area contributed by atoms with Crippen LogP contribution in [0, 0.1) is 0 Å². The van der Waals surface area contributed by atoms with E-state index in [2.05, 4.69) is 5.32 Å². The number of thiophene rings is 1. The molecule has 1 aromatic carbocycles. The van der Waals surface area contributed by atoms with E-state index in [1.165, 1.54) is 22.3 Å². The molecule has 0 radical (unpaired) electrons. The minimum absolute atomic E-state index is 0.0948. The third-order valence-corrected chi connectivity index (χ3v) is 5.06. The van der Waals surface area contributed by atoms with Crippen molar-refractivity contribution in [2.24, 2.45) is 0 Å². The largest absolute Gasteiger partial charge is 0.416 e. The molecule has 3 rings (SSSR count). The van der Waals surface area contributed by atoms with Gasteiger partial charge in [-0.1, -0.05) is 6.07 Å². The normalized spacial score (nSPS) is 14.0. The predicted octanol–water partition coefficient (Wildman–Crippen LogP) is 3.87. The quantitative estimate of drug-likeness (QED) is 0.873. The molecule has 1 N–H and O–H groups in total. The van der Waals surface area contributed by atoms with Gasteiger partial charge in [0.25, 0.3) is 5.91 Å². The Kier molecular flexibility index (Phi) is 5.31. The highest BCUT2D eigenvalue weighted by molar-refractivity contribution is 7.12. The molecule has 2 heterocycles. The zero-order valence-corrected chi connectivity index (χ0v) is 14.6. The molecule has 1 aliphatic heterocycles. The second kappa shape index (κ2) is 7.49. The molecule has 2 amide bonds. The summed E-state index contributed by atoms with van der Waals surface area (Å²) < 4.78 is 38.6. The van der Waals surface area contributed by atoms with Crippen LogP contribution in [0.3, 0.4) is 0 Å². The molecular weight excluding hydrogens is 365 g/mol. The van der Waals surface area contributed by atoms with Gasteiger partial charge >= 0.3 is 6.18 Å². The first-order chi connectivity index (χ1) is 12.4. The Balaban J connectivity index is 1.63. The number of nitrogens with zero attached hydrogens (tertiary/aromatic N) is 1. The molecule has 1 aliphatic rings. The summed E-state index contributed by atoms with van der Waals surface area (Å²) >= 11 is 1.31. The number of aryl methyl sites for hydroxylation is 1. The fraction of sp³-hybridized carbons (Fsp3) is 0.333. The molecule has 0 saturated heterocycles. The number of anilines is 1. The number of hydrogen-bond donors (Lipinski definition) is 1. The van der Waals surface area contributed by atoms with Crippen molar-refractivity contribution in [3.05, 3.63) is 51.7 Å².